The molecule has 3 heteroatoms. The van der Waals surface area contributed by atoms with Gasteiger partial charge in [0, 0.05) is 17.4 Å². The molecule has 3 atom stereocenters. The highest BCUT2D eigenvalue weighted by molar-refractivity contribution is 5.40. The summed E-state index contributed by atoms with van der Waals surface area (Å²) in [5, 5.41) is 31.5. The fourth-order valence-electron chi connectivity index (χ4n) is 3.85. The molecule has 1 fully saturated rings. The van der Waals surface area contributed by atoms with E-state index < -0.39 is 5.60 Å². The van der Waals surface area contributed by atoms with Gasteiger partial charge in [-0.1, -0.05) is 44.1 Å². The summed E-state index contributed by atoms with van der Waals surface area (Å²) in [6.07, 6.45) is 9.45. The largest absolute Gasteiger partial charge is 0.508 e. The van der Waals surface area contributed by atoms with Gasteiger partial charge in [-0.3, -0.25) is 0 Å². The summed E-state index contributed by atoms with van der Waals surface area (Å²) in [6.45, 7) is 8.27. The number of phenolic OH excluding ortho intramolecular Hbond substituents is 2. The first-order valence-corrected chi connectivity index (χ1v) is 8.74. The van der Waals surface area contributed by atoms with Crippen LogP contribution in [-0.4, -0.2) is 20.9 Å². The second-order valence-corrected chi connectivity index (χ2v) is 7.73. The number of phenols is 2. The zero-order chi connectivity index (χ0) is 18.0. The summed E-state index contributed by atoms with van der Waals surface area (Å²) < 4.78 is 0. The standard InChI is InChI=1S/C21H30O3/c1-15(2)7-5-11-20(4)12-6-8-16(3)21(20,24)14-17-13-18(22)9-10-19(17)23/h5,7,9-11,13,16,22-24H,6,8,12,14H2,1-4H3/b11-5+/t16-,20+,21-/m1/s1. The van der Waals surface area contributed by atoms with E-state index in [0.29, 0.717) is 12.0 Å². The van der Waals surface area contributed by atoms with Crippen LogP contribution in [0.4, 0.5) is 0 Å². The molecule has 0 bridgehead atoms. The summed E-state index contributed by atoms with van der Waals surface area (Å²) in [7, 11) is 0. The van der Waals surface area contributed by atoms with Crippen molar-refractivity contribution in [2.45, 2.75) is 59.0 Å². The van der Waals surface area contributed by atoms with E-state index in [4.69, 9.17) is 0 Å². The zero-order valence-electron chi connectivity index (χ0n) is 15.2. The second kappa shape index (κ2) is 7.02. The van der Waals surface area contributed by atoms with Gasteiger partial charge in [0.15, 0.2) is 0 Å². The molecule has 24 heavy (non-hydrogen) atoms. The highest BCUT2D eigenvalue weighted by Crippen LogP contribution is 2.50. The normalized spacial score (nSPS) is 30.5. The molecule has 3 N–H and O–H groups in total. The first kappa shape index (κ1) is 18.6. The maximum Gasteiger partial charge on any atom is 0.119 e. The molecule has 3 nitrogen and oxygen atoms in total. The number of rotatable bonds is 4. The van der Waals surface area contributed by atoms with E-state index in [2.05, 4.69) is 26.0 Å². The molecule has 0 amide bonds. The molecule has 1 aliphatic carbocycles. The van der Waals surface area contributed by atoms with Crippen molar-refractivity contribution in [1.82, 2.24) is 0 Å². The fourth-order valence-corrected chi connectivity index (χ4v) is 3.85. The molecular formula is C21H30O3. The number of benzene rings is 1. The third kappa shape index (κ3) is 3.67. The molecule has 0 saturated heterocycles. The average molecular weight is 330 g/mol. The highest BCUT2D eigenvalue weighted by atomic mass is 16.3. The Bertz CT molecular complexity index is 642. The van der Waals surface area contributed by atoms with Gasteiger partial charge in [-0.2, -0.15) is 0 Å². The van der Waals surface area contributed by atoms with E-state index >= 15 is 0 Å². The van der Waals surface area contributed by atoms with E-state index in [1.807, 2.05) is 19.9 Å². The van der Waals surface area contributed by atoms with Gasteiger partial charge in [0.2, 0.25) is 0 Å². The topological polar surface area (TPSA) is 60.7 Å². The van der Waals surface area contributed by atoms with Crippen molar-refractivity contribution in [2.24, 2.45) is 11.3 Å². The van der Waals surface area contributed by atoms with Crippen LogP contribution < -0.4 is 0 Å². The number of aliphatic hydroxyl groups is 1. The Morgan fingerprint density at radius 3 is 2.67 bits per heavy atom. The van der Waals surface area contributed by atoms with Crippen LogP contribution in [0.1, 0.15) is 52.5 Å². The number of hydrogen-bond donors (Lipinski definition) is 3. The predicted molar refractivity (Wildman–Crippen MR) is 98.1 cm³/mol. The minimum Gasteiger partial charge on any atom is -0.508 e. The molecule has 0 aromatic heterocycles. The molecular weight excluding hydrogens is 300 g/mol. The van der Waals surface area contributed by atoms with Gasteiger partial charge in [-0.05, 0) is 50.8 Å². The minimum absolute atomic E-state index is 0.106. The second-order valence-electron chi connectivity index (χ2n) is 7.73. The predicted octanol–water partition coefficient (Wildman–Crippen LogP) is 4.72. The molecule has 132 valence electrons. The Kier molecular flexibility index (Phi) is 5.44. The van der Waals surface area contributed by atoms with E-state index in [1.165, 1.54) is 17.7 Å². The van der Waals surface area contributed by atoms with Gasteiger partial charge in [0.1, 0.15) is 11.5 Å². The molecule has 0 spiro atoms. The van der Waals surface area contributed by atoms with Crippen molar-refractivity contribution in [2.75, 3.05) is 0 Å². The molecule has 2 rings (SSSR count). The van der Waals surface area contributed by atoms with Crippen LogP contribution in [0.5, 0.6) is 11.5 Å². The number of hydrogen-bond acceptors (Lipinski definition) is 3. The third-order valence-electron chi connectivity index (χ3n) is 5.55. The smallest absolute Gasteiger partial charge is 0.119 e. The lowest BCUT2D eigenvalue weighted by molar-refractivity contribution is -0.118. The summed E-state index contributed by atoms with van der Waals surface area (Å²) in [4.78, 5) is 0. The molecule has 0 unspecified atom stereocenters. The molecule has 1 aromatic rings. The average Bonchev–Trinajstić information content (AvgIpc) is 2.49. The van der Waals surface area contributed by atoms with Gasteiger partial charge in [-0.25, -0.2) is 0 Å². The van der Waals surface area contributed by atoms with Crippen molar-refractivity contribution in [1.29, 1.82) is 0 Å². The lowest BCUT2D eigenvalue weighted by Gasteiger charge is -2.51. The van der Waals surface area contributed by atoms with Crippen LogP contribution in [0.2, 0.25) is 0 Å². The van der Waals surface area contributed by atoms with Crippen LogP contribution >= 0.6 is 0 Å². The highest BCUT2D eigenvalue weighted by Gasteiger charge is 2.51. The van der Waals surface area contributed by atoms with Gasteiger partial charge < -0.3 is 15.3 Å². The molecule has 1 saturated carbocycles. The summed E-state index contributed by atoms with van der Waals surface area (Å²) in [5.41, 5.74) is 0.456. The van der Waals surface area contributed by atoms with Crippen LogP contribution in [-0.2, 0) is 6.42 Å². The molecule has 0 radical (unpaired) electrons. The van der Waals surface area contributed by atoms with E-state index in [0.717, 1.165) is 19.3 Å². The Morgan fingerprint density at radius 2 is 2.00 bits per heavy atom. The van der Waals surface area contributed by atoms with Crippen molar-refractivity contribution >= 4 is 0 Å². The zero-order valence-corrected chi connectivity index (χ0v) is 15.2. The van der Waals surface area contributed by atoms with E-state index in [-0.39, 0.29) is 22.8 Å². The van der Waals surface area contributed by atoms with E-state index in [9.17, 15) is 15.3 Å². The summed E-state index contributed by atoms with van der Waals surface area (Å²) >= 11 is 0. The number of allylic oxidation sites excluding steroid dienone is 3. The Balaban J connectivity index is 2.41. The van der Waals surface area contributed by atoms with Crippen molar-refractivity contribution in [3.63, 3.8) is 0 Å². The number of aromatic hydroxyl groups is 2. The SMILES string of the molecule is CC(C)=C/C=C/[C@@]1(C)CCC[C@@H](C)[C@]1(O)Cc1cc(O)ccc1O. The van der Waals surface area contributed by atoms with Gasteiger partial charge >= 0.3 is 0 Å². The minimum atomic E-state index is -0.970. The summed E-state index contributed by atoms with van der Waals surface area (Å²) in [5.74, 6) is 0.334. The molecule has 0 aliphatic heterocycles. The lowest BCUT2D eigenvalue weighted by atomic mass is 9.57. The maximum absolute atomic E-state index is 11.6. The fraction of sp³-hybridized carbons (Fsp3) is 0.524. The first-order valence-electron chi connectivity index (χ1n) is 8.74. The lowest BCUT2D eigenvalue weighted by Crippen LogP contribution is -2.54. The molecule has 1 aromatic carbocycles. The monoisotopic (exact) mass is 330 g/mol. The first-order chi connectivity index (χ1) is 11.2. The third-order valence-corrected chi connectivity index (χ3v) is 5.55. The van der Waals surface area contributed by atoms with Crippen LogP contribution in [0.25, 0.3) is 0 Å². The van der Waals surface area contributed by atoms with Crippen LogP contribution in [0.15, 0.2) is 42.0 Å². The quantitative estimate of drug-likeness (QED) is 0.553. The Labute approximate surface area is 145 Å². The van der Waals surface area contributed by atoms with Crippen molar-refractivity contribution in [3.8, 4) is 11.5 Å². The molecule has 0 heterocycles. The Hall–Kier alpha value is -1.74. The van der Waals surface area contributed by atoms with Gasteiger partial charge in [-0.15, -0.1) is 0 Å². The summed E-state index contributed by atoms with van der Waals surface area (Å²) in [6, 6.07) is 4.49. The maximum atomic E-state index is 11.6. The van der Waals surface area contributed by atoms with E-state index in [1.54, 1.807) is 6.07 Å². The Morgan fingerprint density at radius 1 is 1.29 bits per heavy atom. The van der Waals surface area contributed by atoms with Gasteiger partial charge in [0.25, 0.3) is 0 Å². The van der Waals surface area contributed by atoms with Gasteiger partial charge in [0.05, 0.1) is 5.60 Å². The molecule has 1 aliphatic rings. The van der Waals surface area contributed by atoms with Crippen molar-refractivity contribution < 1.29 is 15.3 Å². The van der Waals surface area contributed by atoms with Crippen LogP contribution in [0.3, 0.4) is 0 Å². The van der Waals surface area contributed by atoms with Crippen molar-refractivity contribution in [3.05, 3.63) is 47.6 Å². The van der Waals surface area contributed by atoms with Crippen LogP contribution in [0, 0.1) is 11.3 Å².